The van der Waals surface area contributed by atoms with Crippen molar-refractivity contribution in [3.63, 3.8) is 0 Å². The van der Waals surface area contributed by atoms with E-state index < -0.39 is 0 Å². The molecule has 5 nitrogen and oxygen atoms in total. The van der Waals surface area contributed by atoms with E-state index in [1.54, 1.807) is 0 Å². The molecular weight excluding hydrogens is 204 g/mol. The average molecular weight is 215 g/mol. The normalized spacial score (nSPS) is 21.1. The standard InChI is InChI=1S/C8H11ClN4O/c9-7-6(4-11-13-7)8(14)12-5-1-2-10-3-5/h4-5,10H,1-3H2,(H,11,13)(H,12,14). The predicted octanol–water partition coefficient (Wildman–Crippen LogP) is 0.155. The summed E-state index contributed by atoms with van der Waals surface area (Å²) in [4.78, 5) is 11.6. The highest BCUT2D eigenvalue weighted by Gasteiger charge is 2.19. The first-order valence-corrected chi connectivity index (χ1v) is 4.85. The summed E-state index contributed by atoms with van der Waals surface area (Å²) in [6.45, 7) is 1.77. The van der Waals surface area contributed by atoms with Crippen LogP contribution in [-0.4, -0.2) is 35.2 Å². The molecule has 0 radical (unpaired) electrons. The lowest BCUT2D eigenvalue weighted by Crippen LogP contribution is -2.36. The van der Waals surface area contributed by atoms with Crippen LogP contribution in [0.25, 0.3) is 0 Å². The number of rotatable bonds is 2. The first-order chi connectivity index (χ1) is 6.77. The minimum absolute atomic E-state index is 0.169. The van der Waals surface area contributed by atoms with Gasteiger partial charge in [0.2, 0.25) is 0 Å². The van der Waals surface area contributed by atoms with E-state index in [0.717, 1.165) is 19.5 Å². The highest BCUT2D eigenvalue weighted by molar-refractivity contribution is 6.32. The summed E-state index contributed by atoms with van der Waals surface area (Å²) < 4.78 is 0. The molecule has 1 unspecified atom stereocenters. The molecule has 1 saturated heterocycles. The van der Waals surface area contributed by atoms with Gasteiger partial charge in [0.05, 0.1) is 11.8 Å². The predicted molar refractivity (Wildman–Crippen MR) is 52.3 cm³/mol. The fourth-order valence-electron chi connectivity index (χ4n) is 1.47. The topological polar surface area (TPSA) is 69.8 Å². The van der Waals surface area contributed by atoms with Gasteiger partial charge in [0.1, 0.15) is 5.15 Å². The van der Waals surface area contributed by atoms with Gasteiger partial charge in [0.15, 0.2) is 0 Å². The molecule has 1 aliphatic heterocycles. The van der Waals surface area contributed by atoms with Gasteiger partial charge in [-0.05, 0) is 13.0 Å². The van der Waals surface area contributed by atoms with Crippen LogP contribution in [0.2, 0.25) is 5.15 Å². The zero-order valence-electron chi connectivity index (χ0n) is 7.51. The molecule has 1 atom stereocenters. The smallest absolute Gasteiger partial charge is 0.256 e. The Hall–Kier alpha value is -1.07. The van der Waals surface area contributed by atoms with Crippen LogP contribution in [0.15, 0.2) is 6.20 Å². The molecule has 2 heterocycles. The van der Waals surface area contributed by atoms with E-state index in [4.69, 9.17) is 11.6 Å². The van der Waals surface area contributed by atoms with Gasteiger partial charge in [-0.15, -0.1) is 0 Å². The number of hydrogen-bond acceptors (Lipinski definition) is 3. The molecule has 0 aromatic carbocycles. The first kappa shape index (κ1) is 9.48. The van der Waals surface area contributed by atoms with Crippen molar-refractivity contribution in [3.05, 3.63) is 16.9 Å². The lowest BCUT2D eigenvalue weighted by molar-refractivity contribution is 0.0940. The molecule has 76 valence electrons. The van der Waals surface area contributed by atoms with E-state index in [0.29, 0.717) is 5.56 Å². The van der Waals surface area contributed by atoms with Gasteiger partial charge in [-0.2, -0.15) is 5.10 Å². The Morgan fingerprint density at radius 1 is 1.71 bits per heavy atom. The van der Waals surface area contributed by atoms with E-state index in [1.807, 2.05) is 0 Å². The number of hydrogen-bond donors (Lipinski definition) is 3. The number of carbonyl (C=O) groups excluding carboxylic acids is 1. The quantitative estimate of drug-likeness (QED) is 0.657. The second-order valence-corrected chi connectivity index (χ2v) is 3.64. The van der Waals surface area contributed by atoms with E-state index in [9.17, 15) is 4.79 Å². The Morgan fingerprint density at radius 3 is 3.14 bits per heavy atom. The van der Waals surface area contributed by atoms with E-state index in [1.165, 1.54) is 6.20 Å². The van der Waals surface area contributed by atoms with Gasteiger partial charge in [0, 0.05) is 12.6 Å². The number of carbonyl (C=O) groups is 1. The Morgan fingerprint density at radius 2 is 2.57 bits per heavy atom. The van der Waals surface area contributed by atoms with Crippen LogP contribution in [-0.2, 0) is 0 Å². The van der Waals surface area contributed by atoms with Gasteiger partial charge < -0.3 is 10.6 Å². The van der Waals surface area contributed by atoms with Crippen molar-refractivity contribution in [2.24, 2.45) is 0 Å². The Balaban J connectivity index is 1.98. The maximum Gasteiger partial charge on any atom is 0.256 e. The van der Waals surface area contributed by atoms with E-state index in [-0.39, 0.29) is 17.1 Å². The molecule has 0 spiro atoms. The molecule has 1 aliphatic rings. The Labute approximate surface area is 86.2 Å². The van der Waals surface area contributed by atoms with Crippen LogP contribution in [0.5, 0.6) is 0 Å². The van der Waals surface area contributed by atoms with Crippen LogP contribution < -0.4 is 10.6 Å². The fourth-order valence-corrected chi connectivity index (χ4v) is 1.65. The van der Waals surface area contributed by atoms with Crippen LogP contribution in [0.3, 0.4) is 0 Å². The third-order valence-electron chi connectivity index (χ3n) is 2.23. The summed E-state index contributed by atoms with van der Waals surface area (Å²) in [6, 6.07) is 0.202. The second kappa shape index (κ2) is 3.98. The molecule has 3 N–H and O–H groups in total. The summed E-state index contributed by atoms with van der Waals surface area (Å²) in [5, 5.41) is 12.5. The van der Waals surface area contributed by atoms with E-state index in [2.05, 4.69) is 20.8 Å². The molecule has 1 aromatic rings. The molecule has 1 aromatic heterocycles. The number of aromatic amines is 1. The van der Waals surface area contributed by atoms with Crippen molar-refractivity contribution in [1.29, 1.82) is 0 Å². The first-order valence-electron chi connectivity index (χ1n) is 4.48. The van der Waals surface area contributed by atoms with Gasteiger partial charge >= 0.3 is 0 Å². The van der Waals surface area contributed by atoms with Crippen molar-refractivity contribution < 1.29 is 4.79 Å². The average Bonchev–Trinajstić information content (AvgIpc) is 2.75. The molecule has 1 fully saturated rings. The van der Waals surface area contributed by atoms with Crippen molar-refractivity contribution in [2.75, 3.05) is 13.1 Å². The number of halogens is 1. The molecular formula is C8H11ClN4O. The number of aromatic nitrogens is 2. The molecule has 1 amide bonds. The highest BCUT2D eigenvalue weighted by atomic mass is 35.5. The lowest BCUT2D eigenvalue weighted by Gasteiger charge is -2.09. The van der Waals surface area contributed by atoms with Crippen LogP contribution in [0.1, 0.15) is 16.8 Å². The van der Waals surface area contributed by atoms with Gasteiger partial charge in [0.25, 0.3) is 5.91 Å². The molecule has 0 saturated carbocycles. The molecule has 0 aliphatic carbocycles. The van der Waals surface area contributed by atoms with Crippen molar-refractivity contribution >= 4 is 17.5 Å². The number of nitrogens with one attached hydrogen (secondary N) is 3. The third kappa shape index (κ3) is 1.88. The highest BCUT2D eigenvalue weighted by Crippen LogP contribution is 2.11. The van der Waals surface area contributed by atoms with Gasteiger partial charge in [-0.1, -0.05) is 11.6 Å². The largest absolute Gasteiger partial charge is 0.348 e. The molecule has 0 bridgehead atoms. The fraction of sp³-hybridized carbons (Fsp3) is 0.500. The van der Waals surface area contributed by atoms with Crippen molar-refractivity contribution in [1.82, 2.24) is 20.8 Å². The maximum absolute atomic E-state index is 11.6. The monoisotopic (exact) mass is 214 g/mol. The zero-order valence-corrected chi connectivity index (χ0v) is 8.27. The third-order valence-corrected chi connectivity index (χ3v) is 2.52. The number of amides is 1. The van der Waals surface area contributed by atoms with Gasteiger partial charge in [-0.3, -0.25) is 9.89 Å². The summed E-state index contributed by atoms with van der Waals surface area (Å²) in [6.07, 6.45) is 2.39. The minimum Gasteiger partial charge on any atom is -0.348 e. The molecule has 2 rings (SSSR count). The molecule has 6 heteroatoms. The summed E-state index contributed by atoms with van der Waals surface area (Å²) >= 11 is 5.73. The van der Waals surface area contributed by atoms with Crippen LogP contribution in [0, 0.1) is 0 Å². The number of H-pyrrole nitrogens is 1. The lowest BCUT2D eigenvalue weighted by atomic mass is 10.2. The van der Waals surface area contributed by atoms with Crippen LogP contribution >= 0.6 is 11.6 Å². The van der Waals surface area contributed by atoms with Gasteiger partial charge in [-0.25, -0.2) is 0 Å². The Kier molecular flexibility index (Phi) is 2.69. The molecule has 14 heavy (non-hydrogen) atoms. The zero-order chi connectivity index (χ0) is 9.97. The summed E-state index contributed by atoms with van der Waals surface area (Å²) in [5.41, 5.74) is 0.401. The van der Waals surface area contributed by atoms with Crippen molar-refractivity contribution in [3.8, 4) is 0 Å². The van der Waals surface area contributed by atoms with Crippen LogP contribution in [0.4, 0.5) is 0 Å². The Bertz CT molecular complexity index is 332. The maximum atomic E-state index is 11.6. The van der Waals surface area contributed by atoms with E-state index >= 15 is 0 Å². The minimum atomic E-state index is -0.169. The summed E-state index contributed by atoms with van der Waals surface area (Å²) in [5.74, 6) is -0.169. The summed E-state index contributed by atoms with van der Waals surface area (Å²) in [7, 11) is 0. The van der Waals surface area contributed by atoms with Crippen molar-refractivity contribution in [2.45, 2.75) is 12.5 Å². The number of nitrogens with zero attached hydrogens (tertiary/aromatic N) is 1. The SMILES string of the molecule is O=C(NC1CCNC1)c1cn[nH]c1Cl. The second-order valence-electron chi connectivity index (χ2n) is 3.26.